The smallest absolute Gasteiger partial charge is 0.410 e. The molecule has 226 valence electrons. The first-order valence-corrected chi connectivity index (χ1v) is 15.8. The molecular formula is C30H37N3O7S2. The Hall–Kier alpha value is -3.77. The molecule has 42 heavy (non-hydrogen) atoms. The van der Waals surface area contributed by atoms with E-state index in [9.17, 15) is 14.4 Å². The number of nitrogens with one attached hydrogen (secondary N) is 2. The van der Waals surface area contributed by atoms with E-state index in [4.69, 9.17) is 18.9 Å². The maximum atomic E-state index is 13.2. The summed E-state index contributed by atoms with van der Waals surface area (Å²) >= 11 is 3.17. The molecule has 3 amide bonds. The highest BCUT2D eigenvalue weighted by atomic mass is 32.1. The molecule has 10 nitrogen and oxygen atoms in total. The van der Waals surface area contributed by atoms with Crippen LogP contribution in [0.5, 0.6) is 11.5 Å². The number of rotatable bonds is 15. The number of esters is 1. The van der Waals surface area contributed by atoms with Crippen LogP contribution in [0.4, 0.5) is 9.59 Å². The number of unbranched alkanes of at least 4 members (excludes halogenated alkanes) is 1. The number of carbonyl (C=O) groups is 3. The summed E-state index contributed by atoms with van der Waals surface area (Å²) in [5.74, 6) is 0.714. The summed E-state index contributed by atoms with van der Waals surface area (Å²) < 4.78 is 21.7. The number of thiophene rings is 2. The minimum atomic E-state index is -0.667. The van der Waals surface area contributed by atoms with E-state index in [2.05, 4.69) is 17.6 Å². The standard InChI is InChI=1S/C30H37N3O7S2/c1-3-5-8-22(19-38-30(36)33(17-23-9-6-13-41-23)18-24-10-7-14-42-24)31-29(35)32-25(16-28(34)37-4-2)21-11-12-26-27(15-21)40-20-39-26/h6-7,9-15,22,25H,3-5,8,16-20H2,1-2H3,(H2,31,32,35)/t22-,25?/m0/s1. The summed E-state index contributed by atoms with van der Waals surface area (Å²) in [6, 6.07) is 11.6. The van der Waals surface area contributed by atoms with Crippen molar-refractivity contribution in [2.75, 3.05) is 20.0 Å². The topological polar surface area (TPSA) is 115 Å². The van der Waals surface area contributed by atoms with E-state index >= 15 is 0 Å². The normalized spacial score (nSPS) is 13.2. The highest BCUT2D eigenvalue weighted by Gasteiger charge is 2.25. The van der Waals surface area contributed by atoms with Crippen LogP contribution in [0.15, 0.2) is 53.2 Å². The predicted octanol–water partition coefficient (Wildman–Crippen LogP) is 6.23. The maximum Gasteiger partial charge on any atom is 0.410 e. The second-order valence-electron chi connectivity index (χ2n) is 9.72. The molecule has 0 saturated carbocycles. The molecule has 12 heteroatoms. The van der Waals surface area contributed by atoms with Gasteiger partial charge in [0.2, 0.25) is 6.79 Å². The third-order valence-corrected chi connectivity index (χ3v) is 8.26. The Morgan fingerprint density at radius 2 is 1.67 bits per heavy atom. The van der Waals surface area contributed by atoms with Crippen molar-refractivity contribution in [3.8, 4) is 11.5 Å². The van der Waals surface area contributed by atoms with Crippen molar-refractivity contribution in [3.63, 3.8) is 0 Å². The molecule has 0 fully saturated rings. The number of hydrogen-bond donors (Lipinski definition) is 2. The molecule has 3 heterocycles. The van der Waals surface area contributed by atoms with E-state index in [1.165, 1.54) is 0 Å². The van der Waals surface area contributed by atoms with Crippen LogP contribution in [0, 0.1) is 0 Å². The van der Waals surface area contributed by atoms with Crippen LogP contribution in [-0.4, -0.2) is 49.0 Å². The summed E-state index contributed by atoms with van der Waals surface area (Å²) in [6.45, 7) is 5.03. The van der Waals surface area contributed by atoms with Crippen LogP contribution >= 0.6 is 22.7 Å². The minimum absolute atomic E-state index is 0.0181. The Balaban J connectivity index is 1.39. The molecule has 0 saturated heterocycles. The average Bonchev–Trinajstić information content (AvgIpc) is 3.77. The lowest BCUT2D eigenvalue weighted by atomic mass is 10.0. The van der Waals surface area contributed by atoms with Crippen molar-refractivity contribution in [2.24, 2.45) is 0 Å². The summed E-state index contributed by atoms with van der Waals surface area (Å²) in [7, 11) is 0. The molecule has 4 rings (SSSR count). The van der Waals surface area contributed by atoms with E-state index in [1.54, 1.807) is 52.7 Å². The van der Waals surface area contributed by atoms with E-state index in [0.29, 0.717) is 36.6 Å². The number of urea groups is 1. The zero-order valence-corrected chi connectivity index (χ0v) is 25.5. The Morgan fingerprint density at radius 3 is 2.31 bits per heavy atom. The lowest BCUT2D eigenvalue weighted by Gasteiger charge is -2.25. The Kier molecular flexibility index (Phi) is 11.9. The zero-order valence-electron chi connectivity index (χ0n) is 23.8. The lowest BCUT2D eigenvalue weighted by molar-refractivity contribution is -0.143. The van der Waals surface area contributed by atoms with Gasteiger partial charge in [-0.25, -0.2) is 9.59 Å². The molecule has 2 N–H and O–H groups in total. The van der Waals surface area contributed by atoms with Gasteiger partial charge in [-0.3, -0.25) is 9.69 Å². The van der Waals surface area contributed by atoms with Crippen LogP contribution < -0.4 is 20.1 Å². The first-order chi connectivity index (χ1) is 20.4. The number of ether oxygens (including phenoxy) is 4. The van der Waals surface area contributed by atoms with Crippen LogP contribution in [0.1, 0.15) is 60.9 Å². The second-order valence-corrected chi connectivity index (χ2v) is 11.8. The first kappa shape index (κ1) is 31.2. The van der Waals surface area contributed by atoms with Gasteiger partial charge in [0.15, 0.2) is 11.5 Å². The minimum Gasteiger partial charge on any atom is -0.466 e. The van der Waals surface area contributed by atoms with Crippen molar-refractivity contribution in [2.45, 2.75) is 64.7 Å². The Bertz CT molecular complexity index is 1250. The Labute approximate surface area is 253 Å². The van der Waals surface area contributed by atoms with Gasteiger partial charge in [-0.2, -0.15) is 0 Å². The fraction of sp³-hybridized carbons (Fsp3) is 0.433. The van der Waals surface area contributed by atoms with Crippen molar-refractivity contribution >= 4 is 40.8 Å². The number of amides is 3. The van der Waals surface area contributed by atoms with Gasteiger partial charge in [0.1, 0.15) is 6.61 Å². The highest BCUT2D eigenvalue weighted by Crippen LogP contribution is 2.35. The van der Waals surface area contributed by atoms with Gasteiger partial charge in [0.05, 0.1) is 38.2 Å². The molecule has 0 aliphatic carbocycles. The van der Waals surface area contributed by atoms with Gasteiger partial charge in [-0.05, 0) is 53.9 Å². The quantitative estimate of drug-likeness (QED) is 0.195. The summed E-state index contributed by atoms with van der Waals surface area (Å²) in [6.07, 6.45) is 1.88. The number of fused-ring (bicyclic) bond motifs is 1. The van der Waals surface area contributed by atoms with Gasteiger partial charge in [0, 0.05) is 9.75 Å². The number of hydrogen-bond acceptors (Lipinski definition) is 9. The van der Waals surface area contributed by atoms with E-state index in [-0.39, 0.29) is 26.4 Å². The summed E-state index contributed by atoms with van der Waals surface area (Å²) in [5.41, 5.74) is 0.678. The number of carbonyl (C=O) groups excluding carboxylic acids is 3. The molecule has 0 radical (unpaired) electrons. The van der Waals surface area contributed by atoms with Gasteiger partial charge in [0.25, 0.3) is 0 Å². The van der Waals surface area contributed by atoms with E-state index in [1.807, 2.05) is 35.0 Å². The number of benzene rings is 1. The van der Waals surface area contributed by atoms with E-state index < -0.39 is 30.2 Å². The van der Waals surface area contributed by atoms with Crippen LogP contribution in [0.2, 0.25) is 0 Å². The lowest BCUT2D eigenvalue weighted by Crippen LogP contribution is -2.46. The van der Waals surface area contributed by atoms with Crippen LogP contribution in [-0.2, 0) is 27.4 Å². The fourth-order valence-corrected chi connectivity index (χ4v) is 5.87. The van der Waals surface area contributed by atoms with Gasteiger partial charge < -0.3 is 29.6 Å². The fourth-order valence-electron chi connectivity index (χ4n) is 4.43. The molecule has 0 bridgehead atoms. The molecule has 1 aromatic carbocycles. The monoisotopic (exact) mass is 615 g/mol. The van der Waals surface area contributed by atoms with Gasteiger partial charge in [-0.1, -0.05) is 38.0 Å². The molecule has 1 unspecified atom stereocenters. The molecule has 2 aromatic heterocycles. The van der Waals surface area contributed by atoms with Gasteiger partial charge >= 0.3 is 18.1 Å². The first-order valence-electron chi connectivity index (χ1n) is 14.0. The SMILES string of the molecule is CCCC[C@@H](COC(=O)N(Cc1cccs1)Cc1cccs1)NC(=O)NC(CC(=O)OCC)c1ccc2c(c1)OCO2. The van der Waals surface area contributed by atoms with Crippen molar-refractivity contribution in [1.82, 2.24) is 15.5 Å². The molecule has 3 aromatic rings. The van der Waals surface area contributed by atoms with Crippen LogP contribution in [0.3, 0.4) is 0 Å². The predicted molar refractivity (Wildman–Crippen MR) is 161 cm³/mol. The molecule has 1 aliphatic rings. The number of nitrogens with zero attached hydrogens (tertiary/aromatic N) is 1. The Morgan fingerprint density at radius 1 is 0.952 bits per heavy atom. The van der Waals surface area contributed by atoms with E-state index in [0.717, 1.165) is 22.6 Å². The summed E-state index contributed by atoms with van der Waals surface area (Å²) in [4.78, 5) is 42.6. The van der Waals surface area contributed by atoms with Crippen molar-refractivity contribution in [3.05, 3.63) is 68.5 Å². The highest BCUT2D eigenvalue weighted by molar-refractivity contribution is 7.10. The van der Waals surface area contributed by atoms with Crippen molar-refractivity contribution < 1.29 is 33.3 Å². The summed E-state index contributed by atoms with van der Waals surface area (Å²) in [5, 5.41) is 9.80. The molecular weight excluding hydrogens is 578 g/mol. The average molecular weight is 616 g/mol. The second kappa shape index (κ2) is 16.0. The van der Waals surface area contributed by atoms with Crippen molar-refractivity contribution in [1.29, 1.82) is 0 Å². The van der Waals surface area contributed by atoms with Crippen LogP contribution in [0.25, 0.3) is 0 Å². The zero-order chi connectivity index (χ0) is 29.7. The third-order valence-electron chi connectivity index (χ3n) is 6.54. The third kappa shape index (κ3) is 9.38. The van der Waals surface area contributed by atoms with Gasteiger partial charge in [-0.15, -0.1) is 22.7 Å². The molecule has 0 spiro atoms. The largest absolute Gasteiger partial charge is 0.466 e. The molecule has 1 aliphatic heterocycles. The maximum absolute atomic E-state index is 13.2. The molecule has 2 atom stereocenters.